The van der Waals surface area contributed by atoms with Gasteiger partial charge in [-0.1, -0.05) is 12.1 Å². The summed E-state index contributed by atoms with van der Waals surface area (Å²) in [6.07, 6.45) is 6.60. The van der Waals surface area contributed by atoms with Crippen LogP contribution in [0.25, 0.3) is 5.95 Å². The Balaban J connectivity index is 1.78. The fraction of sp³-hybridized carbons (Fsp3) is 0.0667. The summed E-state index contributed by atoms with van der Waals surface area (Å²) >= 11 is 3.35. The molecule has 6 nitrogen and oxygen atoms in total. The molecular weight excluding hydrogens is 346 g/mol. The number of imidazole rings is 1. The van der Waals surface area contributed by atoms with E-state index in [1.807, 2.05) is 19.1 Å². The van der Waals surface area contributed by atoms with Crippen LogP contribution in [0, 0.1) is 6.92 Å². The lowest BCUT2D eigenvalue weighted by atomic mass is 10.2. The van der Waals surface area contributed by atoms with E-state index >= 15 is 0 Å². The van der Waals surface area contributed by atoms with Crippen molar-refractivity contribution in [1.82, 2.24) is 19.5 Å². The lowest BCUT2D eigenvalue weighted by Crippen LogP contribution is -2.13. The number of anilines is 1. The third-order valence-electron chi connectivity index (χ3n) is 3.06. The molecule has 0 aliphatic rings. The first-order chi connectivity index (χ1) is 10.6. The van der Waals surface area contributed by atoms with Gasteiger partial charge in [0, 0.05) is 16.9 Å². The SMILES string of the molecule is Cc1nccn1-c1ncc(NC(=O)c2ccccc2Br)cn1. The number of carbonyl (C=O) groups is 1. The lowest BCUT2D eigenvalue weighted by Gasteiger charge is -2.07. The summed E-state index contributed by atoms with van der Waals surface area (Å²) in [4.78, 5) is 24.8. The van der Waals surface area contributed by atoms with E-state index in [4.69, 9.17) is 0 Å². The number of nitrogens with one attached hydrogen (secondary N) is 1. The highest BCUT2D eigenvalue weighted by molar-refractivity contribution is 9.10. The van der Waals surface area contributed by atoms with Gasteiger partial charge in [-0.2, -0.15) is 0 Å². The van der Waals surface area contributed by atoms with Crippen molar-refractivity contribution < 1.29 is 4.79 Å². The molecule has 2 heterocycles. The number of carbonyl (C=O) groups excluding carboxylic acids is 1. The van der Waals surface area contributed by atoms with Crippen LogP contribution >= 0.6 is 15.9 Å². The molecule has 110 valence electrons. The predicted molar refractivity (Wildman–Crippen MR) is 86.0 cm³/mol. The van der Waals surface area contributed by atoms with Gasteiger partial charge in [0.05, 0.1) is 23.6 Å². The number of nitrogens with zero attached hydrogens (tertiary/aromatic N) is 4. The summed E-state index contributed by atoms with van der Waals surface area (Å²) < 4.78 is 2.50. The molecule has 0 atom stereocenters. The van der Waals surface area contributed by atoms with E-state index in [0.717, 1.165) is 10.3 Å². The smallest absolute Gasteiger partial charge is 0.256 e. The van der Waals surface area contributed by atoms with Crippen molar-refractivity contribution in [2.75, 3.05) is 5.32 Å². The van der Waals surface area contributed by atoms with Gasteiger partial charge >= 0.3 is 0 Å². The number of halogens is 1. The number of amides is 1. The molecule has 0 saturated heterocycles. The highest BCUT2D eigenvalue weighted by atomic mass is 79.9. The molecule has 2 aromatic heterocycles. The molecule has 0 radical (unpaired) electrons. The largest absolute Gasteiger partial charge is 0.319 e. The molecule has 3 rings (SSSR count). The van der Waals surface area contributed by atoms with Gasteiger partial charge in [-0.05, 0) is 35.0 Å². The Bertz CT molecular complexity index is 813. The molecule has 3 aromatic rings. The molecule has 0 aliphatic carbocycles. The average molecular weight is 358 g/mol. The van der Waals surface area contributed by atoms with Gasteiger partial charge in [0.15, 0.2) is 0 Å². The van der Waals surface area contributed by atoms with Crippen molar-refractivity contribution >= 4 is 27.5 Å². The third kappa shape index (κ3) is 2.89. The summed E-state index contributed by atoms with van der Waals surface area (Å²) in [7, 11) is 0. The molecule has 0 unspecified atom stereocenters. The van der Waals surface area contributed by atoms with Crippen molar-refractivity contribution in [2.45, 2.75) is 6.92 Å². The Morgan fingerprint density at radius 3 is 2.55 bits per heavy atom. The highest BCUT2D eigenvalue weighted by Gasteiger charge is 2.10. The van der Waals surface area contributed by atoms with E-state index in [-0.39, 0.29) is 5.91 Å². The third-order valence-corrected chi connectivity index (χ3v) is 3.75. The molecule has 0 bridgehead atoms. The van der Waals surface area contributed by atoms with Crippen LogP contribution < -0.4 is 5.32 Å². The zero-order chi connectivity index (χ0) is 15.5. The summed E-state index contributed by atoms with van der Waals surface area (Å²) in [6, 6.07) is 7.22. The van der Waals surface area contributed by atoms with Crippen LogP contribution in [-0.4, -0.2) is 25.4 Å². The molecular formula is C15H12BrN5O. The average Bonchev–Trinajstić information content (AvgIpc) is 2.94. The van der Waals surface area contributed by atoms with Gasteiger partial charge in [0.2, 0.25) is 5.95 Å². The monoisotopic (exact) mass is 357 g/mol. The maximum atomic E-state index is 12.2. The first-order valence-electron chi connectivity index (χ1n) is 6.53. The number of hydrogen-bond donors (Lipinski definition) is 1. The van der Waals surface area contributed by atoms with Gasteiger partial charge < -0.3 is 5.32 Å². The normalized spacial score (nSPS) is 10.5. The Kier molecular flexibility index (Phi) is 3.97. The van der Waals surface area contributed by atoms with Gasteiger partial charge in [0.25, 0.3) is 5.91 Å². The van der Waals surface area contributed by atoms with Crippen LogP contribution in [-0.2, 0) is 0 Å². The minimum Gasteiger partial charge on any atom is -0.319 e. The predicted octanol–water partition coefficient (Wildman–Crippen LogP) is 2.99. The summed E-state index contributed by atoms with van der Waals surface area (Å²) in [5.41, 5.74) is 1.08. The van der Waals surface area contributed by atoms with Crippen LogP contribution in [0.15, 0.2) is 53.5 Å². The van der Waals surface area contributed by atoms with E-state index in [1.165, 1.54) is 0 Å². The Morgan fingerprint density at radius 2 is 1.91 bits per heavy atom. The van der Waals surface area contributed by atoms with E-state index in [2.05, 4.69) is 36.2 Å². The van der Waals surface area contributed by atoms with E-state index in [0.29, 0.717) is 17.2 Å². The molecule has 1 N–H and O–H groups in total. The second-order valence-electron chi connectivity index (χ2n) is 4.55. The number of hydrogen-bond acceptors (Lipinski definition) is 4. The van der Waals surface area contributed by atoms with Crippen molar-refractivity contribution in [3.8, 4) is 5.95 Å². The topological polar surface area (TPSA) is 72.7 Å². The zero-order valence-electron chi connectivity index (χ0n) is 11.7. The lowest BCUT2D eigenvalue weighted by molar-refractivity contribution is 0.102. The van der Waals surface area contributed by atoms with Crippen molar-refractivity contribution in [3.63, 3.8) is 0 Å². The quantitative estimate of drug-likeness (QED) is 0.781. The maximum absolute atomic E-state index is 12.2. The molecule has 0 saturated carbocycles. The Morgan fingerprint density at radius 1 is 1.18 bits per heavy atom. The molecule has 0 aliphatic heterocycles. The maximum Gasteiger partial charge on any atom is 0.256 e. The van der Waals surface area contributed by atoms with Crippen LogP contribution in [0.3, 0.4) is 0 Å². The minimum absolute atomic E-state index is 0.220. The van der Waals surface area contributed by atoms with Crippen LogP contribution in [0.5, 0.6) is 0 Å². The Hall–Kier alpha value is -2.54. The van der Waals surface area contributed by atoms with E-state index in [9.17, 15) is 4.79 Å². The van der Waals surface area contributed by atoms with Crippen LogP contribution in [0.1, 0.15) is 16.2 Å². The molecule has 22 heavy (non-hydrogen) atoms. The van der Waals surface area contributed by atoms with Gasteiger partial charge in [0.1, 0.15) is 5.82 Å². The van der Waals surface area contributed by atoms with Crippen LogP contribution in [0.4, 0.5) is 5.69 Å². The van der Waals surface area contributed by atoms with Crippen LogP contribution in [0.2, 0.25) is 0 Å². The first kappa shape index (κ1) is 14.4. The van der Waals surface area contributed by atoms with Gasteiger partial charge in [-0.15, -0.1) is 0 Å². The minimum atomic E-state index is -0.220. The molecule has 7 heteroatoms. The van der Waals surface area contributed by atoms with Gasteiger partial charge in [-0.25, -0.2) is 15.0 Å². The zero-order valence-corrected chi connectivity index (χ0v) is 13.3. The number of aryl methyl sites for hydroxylation is 1. The van der Waals surface area contributed by atoms with Gasteiger partial charge in [-0.3, -0.25) is 9.36 Å². The molecule has 0 spiro atoms. The van der Waals surface area contributed by atoms with Crippen molar-refractivity contribution in [2.24, 2.45) is 0 Å². The molecule has 1 aromatic carbocycles. The Labute approximate surface area is 135 Å². The first-order valence-corrected chi connectivity index (χ1v) is 7.32. The highest BCUT2D eigenvalue weighted by Crippen LogP contribution is 2.17. The fourth-order valence-corrected chi connectivity index (χ4v) is 2.41. The molecule has 1 amide bonds. The summed E-state index contributed by atoms with van der Waals surface area (Å²) in [5, 5.41) is 2.77. The number of aromatic nitrogens is 4. The van der Waals surface area contributed by atoms with E-state index < -0.39 is 0 Å². The number of rotatable bonds is 3. The summed E-state index contributed by atoms with van der Waals surface area (Å²) in [5.74, 6) is 1.08. The van der Waals surface area contributed by atoms with Crippen molar-refractivity contribution in [3.05, 3.63) is 64.9 Å². The standard InChI is InChI=1S/C15H12BrN5O/c1-10-17-6-7-21(10)15-18-8-11(9-19-15)20-14(22)12-4-2-3-5-13(12)16/h2-9H,1H3,(H,20,22). The van der Waals surface area contributed by atoms with E-state index in [1.54, 1.807) is 41.5 Å². The number of benzene rings is 1. The second-order valence-corrected chi connectivity index (χ2v) is 5.40. The fourth-order valence-electron chi connectivity index (χ4n) is 1.94. The van der Waals surface area contributed by atoms with Crippen molar-refractivity contribution in [1.29, 1.82) is 0 Å². The molecule has 0 fully saturated rings. The summed E-state index contributed by atoms with van der Waals surface area (Å²) in [6.45, 7) is 1.87. The second kappa shape index (κ2) is 6.07.